The van der Waals surface area contributed by atoms with Gasteiger partial charge in [-0.1, -0.05) is 41.7 Å². The highest BCUT2D eigenvalue weighted by Crippen LogP contribution is 2.36. The number of hydrogen-bond donors (Lipinski definition) is 0. The van der Waals surface area contributed by atoms with Gasteiger partial charge in [-0.25, -0.2) is 9.79 Å². The highest BCUT2D eigenvalue weighted by Gasteiger charge is 2.35. The van der Waals surface area contributed by atoms with Crippen molar-refractivity contribution >= 4 is 29.3 Å². The first kappa shape index (κ1) is 26.1. The third kappa shape index (κ3) is 4.86. The lowest BCUT2D eigenvalue weighted by Gasteiger charge is -2.29. The van der Waals surface area contributed by atoms with Gasteiger partial charge in [-0.05, 0) is 50.6 Å². The Morgan fingerprint density at radius 1 is 1.08 bits per heavy atom. The Kier molecular flexibility index (Phi) is 7.73. The van der Waals surface area contributed by atoms with Gasteiger partial charge in [0.05, 0.1) is 35.6 Å². The molecule has 2 aromatic carbocycles. The summed E-state index contributed by atoms with van der Waals surface area (Å²) < 4.78 is 12.4. The predicted octanol–water partition coefficient (Wildman–Crippen LogP) is 2.90. The molecule has 3 aromatic rings. The van der Waals surface area contributed by atoms with Gasteiger partial charge in [0.15, 0.2) is 4.80 Å². The molecule has 192 valence electrons. The molecule has 8 nitrogen and oxygen atoms in total. The molecule has 0 fully saturated rings. The molecule has 1 atom stereocenters. The molecule has 37 heavy (non-hydrogen) atoms. The highest BCUT2D eigenvalue weighted by molar-refractivity contribution is 7.07. The molecule has 4 rings (SSSR count). The van der Waals surface area contributed by atoms with E-state index in [0.29, 0.717) is 50.6 Å². The zero-order chi connectivity index (χ0) is 26.7. The van der Waals surface area contributed by atoms with E-state index in [4.69, 9.17) is 14.5 Å². The monoisotopic (exact) mass is 519 g/mol. The molecule has 0 saturated heterocycles. The summed E-state index contributed by atoms with van der Waals surface area (Å²) in [4.78, 5) is 46.2. The van der Waals surface area contributed by atoms with Gasteiger partial charge < -0.3 is 14.4 Å². The molecule has 0 radical (unpaired) electrons. The van der Waals surface area contributed by atoms with Crippen molar-refractivity contribution in [3.63, 3.8) is 0 Å². The Bertz CT molecular complexity index is 1550. The number of allylic oxidation sites excluding steroid dienone is 1. The average molecular weight is 520 g/mol. The standard InChI is InChI=1S/C28H29N3O5S/c1-6-30(7-2)26(33)23-17(3)29-28-31(24(23)20-10-8-9-11-21(20)35-4)25(32)22(37-28)16-18-12-14-19(15-13-18)27(34)36-5/h8-16,24H,6-7H2,1-5H3/b22-16+/t24-/m0/s1. The molecule has 1 aromatic heterocycles. The van der Waals surface area contributed by atoms with Crippen LogP contribution < -0.4 is 19.6 Å². The minimum Gasteiger partial charge on any atom is -0.496 e. The minimum absolute atomic E-state index is 0.158. The van der Waals surface area contributed by atoms with E-state index in [0.717, 1.165) is 5.56 Å². The Morgan fingerprint density at radius 3 is 2.38 bits per heavy atom. The molecule has 0 spiro atoms. The number of nitrogens with zero attached hydrogens (tertiary/aromatic N) is 3. The first-order valence-electron chi connectivity index (χ1n) is 12.0. The Hall–Kier alpha value is -3.98. The second kappa shape index (κ2) is 11.0. The smallest absolute Gasteiger partial charge is 0.337 e. The molecule has 0 aliphatic carbocycles. The zero-order valence-electron chi connectivity index (χ0n) is 21.5. The number of carbonyl (C=O) groups is 2. The van der Waals surface area contributed by atoms with Crippen LogP contribution in [0.1, 0.15) is 48.3 Å². The number of methoxy groups -OCH3 is 2. The van der Waals surface area contributed by atoms with Crippen LogP contribution in [-0.2, 0) is 9.53 Å². The van der Waals surface area contributed by atoms with Crippen LogP contribution in [0.4, 0.5) is 0 Å². The van der Waals surface area contributed by atoms with Crippen molar-refractivity contribution in [3.8, 4) is 5.75 Å². The molecule has 1 amide bonds. The molecule has 2 heterocycles. The van der Waals surface area contributed by atoms with Crippen LogP contribution in [0.25, 0.3) is 6.08 Å². The van der Waals surface area contributed by atoms with E-state index in [1.165, 1.54) is 18.4 Å². The maximum atomic E-state index is 13.8. The quantitative estimate of drug-likeness (QED) is 0.448. The molecule has 1 aliphatic rings. The van der Waals surface area contributed by atoms with Crippen molar-refractivity contribution < 1.29 is 19.1 Å². The number of esters is 1. The maximum Gasteiger partial charge on any atom is 0.337 e. The van der Waals surface area contributed by atoms with Crippen LogP contribution >= 0.6 is 11.3 Å². The predicted molar refractivity (Wildman–Crippen MR) is 142 cm³/mol. The molecule has 0 bridgehead atoms. The van der Waals surface area contributed by atoms with Gasteiger partial charge in [0.1, 0.15) is 11.8 Å². The topological polar surface area (TPSA) is 90.2 Å². The van der Waals surface area contributed by atoms with Crippen LogP contribution in [0.2, 0.25) is 0 Å². The van der Waals surface area contributed by atoms with Gasteiger partial charge in [-0.3, -0.25) is 14.2 Å². The van der Waals surface area contributed by atoms with Crippen molar-refractivity contribution in [1.82, 2.24) is 9.47 Å². The fourth-order valence-corrected chi connectivity index (χ4v) is 5.49. The van der Waals surface area contributed by atoms with Gasteiger partial charge in [-0.2, -0.15) is 0 Å². The summed E-state index contributed by atoms with van der Waals surface area (Å²) in [6.45, 7) is 6.74. The second-order valence-corrected chi connectivity index (χ2v) is 9.42. The van der Waals surface area contributed by atoms with Crippen molar-refractivity contribution in [3.05, 3.63) is 96.2 Å². The molecule has 0 N–H and O–H groups in total. The number of amides is 1. The fourth-order valence-electron chi connectivity index (χ4n) is 4.45. The van der Waals surface area contributed by atoms with Crippen molar-refractivity contribution in [2.24, 2.45) is 4.99 Å². The van der Waals surface area contributed by atoms with E-state index in [2.05, 4.69) is 0 Å². The van der Waals surface area contributed by atoms with Crippen LogP contribution in [0, 0.1) is 0 Å². The van der Waals surface area contributed by atoms with Gasteiger partial charge in [-0.15, -0.1) is 0 Å². The lowest BCUT2D eigenvalue weighted by molar-refractivity contribution is -0.127. The van der Waals surface area contributed by atoms with E-state index in [-0.39, 0.29) is 11.5 Å². The number of likely N-dealkylation sites (N-methyl/N-ethyl adjacent to an activating group) is 1. The van der Waals surface area contributed by atoms with E-state index in [1.54, 1.807) is 46.9 Å². The summed E-state index contributed by atoms with van der Waals surface area (Å²) in [6, 6.07) is 13.5. The maximum absolute atomic E-state index is 13.8. The van der Waals surface area contributed by atoms with E-state index in [1.807, 2.05) is 45.0 Å². The number of thiazole rings is 1. The van der Waals surface area contributed by atoms with Crippen molar-refractivity contribution in [2.75, 3.05) is 27.3 Å². The average Bonchev–Trinajstić information content (AvgIpc) is 3.22. The minimum atomic E-state index is -0.690. The summed E-state index contributed by atoms with van der Waals surface area (Å²) >= 11 is 1.26. The Balaban J connectivity index is 1.93. The summed E-state index contributed by atoms with van der Waals surface area (Å²) in [6.07, 6.45) is 1.76. The van der Waals surface area contributed by atoms with Gasteiger partial charge >= 0.3 is 5.97 Å². The van der Waals surface area contributed by atoms with E-state index >= 15 is 0 Å². The number of benzene rings is 2. The molecule has 9 heteroatoms. The molecular formula is C28H29N3O5S. The summed E-state index contributed by atoms with van der Waals surface area (Å²) in [5.41, 5.74) is 2.66. The van der Waals surface area contributed by atoms with Crippen LogP contribution in [0.15, 0.2) is 69.6 Å². The Morgan fingerprint density at radius 2 is 1.76 bits per heavy atom. The highest BCUT2D eigenvalue weighted by atomic mass is 32.1. The summed E-state index contributed by atoms with van der Waals surface area (Å²) in [5.74, 6) is -0.00142. The second-order valence-electron chi connectivity index (χ2n) is 8.41. The van der Waals surface area contributed by atoms with Crippen molar-refractivity contribution in [2.45, 2.75) is 26.8 Å². The van der Waals surface area contributed by atoms with Gasteiger partial charge in [0.2, 0.25) is 0 Å². The van der Waals surface area contributed by atoms with Crippen LogP contribution in [0.3, 0.4) is 0 Å². The molecule has 0 saturated carbocycles. The molecular weight excluding hydrogens is 490 g/mol. The third-order valence-electron chi connectivity index (χ3n) is 6.37. The molecule has 0 unspecified atom stereocenters. The van der Waals surface area contributed by atoms with Gasteiger partial charge in [0, 0.05) is 18.7 Å². The summed E-state index contributed by atoms with van der Waals surface area (Å²) in [7, 11) is 2.90. The van der Waals surface area contributed by atoms with Crippen LogP contribution in [-0.4, -0.2) is 48.7 Å². The largest absolute Gasteiger partial charge is 0.496 e. The first-order valence-corrected chi connectivity index (χ1v) is 12.8. The van der Waals surface area contributed by atoms with E-state index < -0.39 is 12.0 Å². The number of hydrogen-bond acceptors (Lipinski definition) is 7. The number of para-hydroxylation sites is 1. The van der Waals surface area contributed by atoms with Crippen molar-refractivity contribution in [1.29, 1.82) is 0 Å². The lowest BCUT2D eigenvalue weighted by Crippen LogP contribution is -2.43. The summed E-state index contributed by atoms with van der Waals surface area (Å²) in [5, 5.41) is 0. The van der Waals surface area contributed by atoms with Gasteiger partial charge in [0.25, 0.3) is 11.5 Å². The van der Waals surface area contributed by atoms with Crippen LogP contribution in [0.5, 0.6) is 5.75 Å². The molecule has 1 aliphatic heterocycles. The number of ether oxygens (including phenoxy) is 2. The number of aromatic nitrogens is 1. The Labute approximate surface area is 218 Å². The SMILES string of the molecule is CCN(CC)C(=O)C1=C(C)N=c2s/c(=C/c3ccc(C(=O)OC)cc3)c(=O)n2[C@H]1c1ccccc1OC. The van der Waals surface area contributed by atoms with E-state index in [9.17, 15) is 14.4 Å². The zero-order valence-corrected chi connectivity index (χ0v) is 22.3. The third-order valence-corrected chi connectivity index (χ3v) is 7.35. The number of rotatable bonds is 7. The fraction of sp³-hybridized carbons (Fsp3) is 0.286. The first-order chi connectivity index (χ1) is 17.8. The number of fused-ring (bicyclic) bond motifs is 1. The lowest BCUT2D eigenvalue weighted by atomic mass is 9.94. The number of carbonyl (C=O) groups excluding carboxylic acids is 2. The normalized spacial score (nSPS) is 15.2.